The summed E-state index contributed by atoms with van der Waals surface area (Å²) in [4.78, 5) is 0.390. The maximum atomic E-state index is 13.2. The van der Waals surface area contributed by atoms with E-state index in [0.717, 1.165) is 5.56 Å². The Bertz CT molecular complexity index is 1050. The van der Waals surface area contributed by atoms with Gasteiger partial charge in [-0.15, -0.1) is 0 Å². The summed E-state index contributed by atoms with van der Waals surface area (Å²) >= 11 is 0. The Morgan fingerprint density at radius 3 is 2.12 bits per heavy atom. The third-order valence-corrected chi connectivity index (χ3v) is 5.54. The van der Waals surface area contributed by atoms with Crippen molar-refractivity contribution < 1.29 is 8.42 Å². The Hall–Kier alpha value is -3.16. The van der Waals surface area contributed by atoms with Gasteiger partial charge in [-0.3, -0.25) is 0 Å². The Kier molecular flexibility index (Phi) is 4.78. The second kappa shape index (κ2) is 7.16. The van der Waals surface area contributed by atoms with Gasteiger partial charge >= 0.3 is 0 Å². The second-order valence-electron chi connectivity index (χ2n) is 5.43. The van der Waals surface area contributed by atoms with E-state index in [-0.39, 0.29) is 9.80 Å². The van der Waals surface area contributed by atoms with Crippen LogP contribution in [0.25, 0.3) is 11.0 Å². The zero-order valence-corrected chi connectivity index (χ0v) is 14.1. The molecule has 122 valence electrons. The van der Waals surface area contributed by atoms with Crippen LogP contribution >= 0.6 is 0 Å². The fraction of sp³-hybridized carbons (Fsp3) is 0. The lowest BCUT2D eigenvalue weighted by Gasteiger charge is -2.11. The minimum absolute atomic E-state index is 0.169. The lowest BCUT2D eigenvalue weighted by molar-refractivity contribution is 0.606. The molecule has 3 aromatic carbocycles. The molecule has 0 aliphatic rings. The molecule has 3 rings (SSSR count). The average molecular weight is 345 g/mol. The van der Waals surface area contributed by atoms with Gasteiger partial charge in [-0.05, 0) is 41.5 Å². The molecule has 4 heteroatoms. The van der Waals surface area contributed by atoms with E-state index in [1.165, 1.54) is 0 Å². The smallest absolute Gasteiger partial charge is 0.207 e. The highest BCUT2D eigenvalue weighted by atomic mass is 32.2. The Morgan fingerprint density at radius 1 is 0.840 bits per heavy atom. The highest BCUT2D eigenvalue weighted by Crippen LogP contribution is 2.30. The molecule has 0 saturated carbocycles. The summed E-state index contributed by atoms with van der Waals surface area (Å²) in [5.74, 6) is 0. The van der Waals surface area contributed by atoms with Gasteiger partial charge in [0.2, 0.25) is 9.84 Å². The molecule has 0 fully saturated rings. The van der Waals surface area contributed by atoms with E-state index < -0.39 is 9.84 Å². The molecule has 0 N–H and O–H groups in total. The van der Waals surface area contributed by atoms with Crippen molar-refractivity contribution in [3.05, 3.63) is 102 Å². The second-order valence-corrected chi connectivity index (χ2v) is 7.35. The first-order chi connectivity index (χ1) is 12.1. The van der Waals surface area contributed by atoms with Crippen LogP contribution in [0.3, 0.4) is 0 Å². The van der Waals surface area contributed by atoms with Gasteiger partial charge in [0, 0.05) is 0 Å². The van der Waals surface area contributed by atoms with Crippen LogP contribution < -0.4 is 0 Å². The summed E-state index contributed by atoms with van der Waals surface area (Å²) in [6, 6.07) is 26.3. The SMILES string of the molecule is N#Cc1cccc(/C(=C/c2ccccc2)S(=O)(=O)c2ccccc2)c1. The molecule has 25 heavy (non-hydrogen) atoms. The molecule has 0 spiro atoms. The van der Waals surface area contributed by atoms with Crippen LogP contribution in [0, 0.1) is 11.3 Å². The van der Waals surface area contributed by atoms with Crippen LogP contribution in [-0.2, 0) is 9.84 Å². The van der Waals surface area contributed by atoms with Crippen molar-refractivity contribution in [2.24, 2.45) is 0 Å². The Balaban J connectivity index is 2.23. The molecule has 0 amide bonds. The minimum Gasteiger partial charge on any atom is -0.218 e. The number of sulfone groups is 1. The van der Waals surface area contributed by atoms with Crippen molar-refractivity contribution in [2.75, 3.05) is 0 Å². The van der Waals surface area contributed by atoms with Gasteiger partial charge < -0.3 is 0 Å². The molecule has 0 heterocycles. The third-order valence-electron chi connectivity index (χ3n) is 3.72. The third kappa shape index (κ3) is 3.68. The van der Waals surface area contributed by atoms with Crippen LogP contribution in [0.5, 0.6) is 0 Å². The van der Waals surface area contributed by atoms with Gasteiger partial charge in [0.15, 0.2) is 0 Å². The van der Waals surface area contributed by atoms with Crippen molar-refractivity contribution in [2.45, 2.75) is 4.90 Å². The number of rotatable bonds is 4. The number of nitriles is 1. The quantitative estimate of drug-likeness (QED) is 0.653. The van der Waals surface area contributed by atoms with Gasteiger partial charge in [-0.25, -0.2) is 8.42 Å². The predicted molar refractivity (Wildman–Crippen MR) is 99.1 cm³/mol. The molecule has 3 aromatic rings. The van der Waals surface area contributed by atoms with E-state index in [1.54, 1.807) is 60.7 Å². The largest absolute Gasteiger partial charge is 0.218 e. The molecule has 0 saturated heterocycles. The van der Waals surface area contributed by atoms with Crippen molar-refractivity contribution in [1.29, 1.82) is 5.26 Å². The molecule has 0 atom stereocenters. The number of benzene rings is 3. The van der Waals surface area contributed by atoms with E-state index in [2.05, 4.69) is 6.07 Å². The fourth-order valence-corrected chi connectivity index (χ4v) is 3.98. The average Bonchev–Trinajstić information content (AvgIpc) is 2.67. The molecular weight excluding hydrogens is 330 g/mol. The predicted octanol–water partition coefficient (Wildman–Crippen LogP) is 4.53. The van der Waals surface area contributed by atoms with Crippen LogP contribution in [-0.4, -0.2) is 8.42 Å². The summed E-state index contributed by atoms with van der Waals surface area (Å²) < 4.78 is 26.4. The van der Waals surface area contributed by atoms with Crippen molar-refractivity contribution in [3.63, 3.8) is 0 Å². The topological polar surface area (TPSA) is 57.9 Å². The van der Waals surface area contributed by atoms with Gasteiger partial charge in [-0.2, -0.15) is 5.26 Å². The van der Waals surface area contributed by atoms with Gasteiger partial charge in [0.1, 0.15) is 0 Å². The summed E-state index contributed by atoms with van der Waals surface area (Å²) in [7, 11) is -3.73. The lowest BCUT2D eigenvalue weighted by Crippen LogP contribution is -2.04. The van der Waals surface area contributed by atoms with Gasteiger partial charge in [0.05, 0.1) is 21.4 Å². The number of hydrogen-bond donors (Lipinski definition) is 0. The number of hydrogen-bond acceptors (Lipinski definition) is 3. The molecule has 0 aliphatic heterocycles. The summed E-state index contributed by atoms with van der Waals surface area (Å²) in [6.45, 7) is 0. The fourth-order valence-electron chi connectivity index (χ4n) is 2.49. The van der Waals surface area contributed by atoms with Gasteiger partial charge in [-0.1, -0.05) is 60.7 Å². The van der Waals surface area contributed by atoms with Crippen LogP contribution in [0.2, 0.25) is 0 Å². The van der Waals surface area contributed by atoms with E-state index in [9.17, 15) is 8.42 Å². The molecular formula is C21H15NO2S. The highest BCUT2D eigenvalue weighted by Gasteiger charge is 2.22. The maximum absolute atomic E-state index is 13.2. The van der Waals surface area contributed by atoms with Crippen molar-refractivity contribution >= 4 is 20.8 Å². The molecule has 3 nitrogen and oxygen atoms in total. The zero-order valence-electron chi connectivity index (χ0n) is 13.3. The summed E-state index contributed by atoms with van der Waals surface area (Å²) in [6.07, 6.45) is 1.64. The van der Waals surface area contributed by atoms with E-state index in [1.807, 2.05) is 30.3 Å². The standard InChI is InChI=1S/C21H15NO2S/c22-16-18-10-7-11-19(14-18)21(15-17-8-3-1-4-9-17)25(23,24)20-12-5-2-6-13-20/h1-15H/b21-15-. The molecule has 0 unspecified atom stereocenters. The van der Waals surface area contributed by atoms with Crippen molar-refractivity contribution in [3.8, 4) is 6.07 Å². The van der Waals surface area contributed by atoms with E-state index in [4.69, 9.17) is 5.26 Å². The first-order valence-electron chi connectivity index (χ1n) is 7.69. The molecule has 0 aliphatic carbocycles. The molecule has 0 radical (unpaired) electrons. The summed E-state index contributed by atoms with van der Waals surface area (Å²) in [5.41, 5.74) is 1.69. The Morgan fingerprint density at radius 2 is 1.48 bits per heavy atom. The molecule has 0 bridgehead atoms. The van der Waals surface area contributed by atoms with Crippen LogP contribution in [0.15, 0.2) is 89.8 Å². The van der Waals surface area contributed by atoms with Crippen LogP contribution in [0.4, 0.5) is 0 Å². The summed E-state index contributed by atoms with van der Waals surface area (Å²) in [5, 5.41) is 9.13. The normalized spacial score (nSPS) is 11.7. The Labute approximate surface area is 147 Å². The van der Waals surface area contributed by atoms with E-state index in [0.29, 0.717) is 11.1 Å². The highest BCUT2D eigenvalue weighted by molar-refractivity contribution is 8.00. The maximum Gasteiger partial charge on any atom is 0.207 e. The number of nitrogens with zero attached hydrogens (tertiary/aromatic N) is 1. The van der Waals surface area contributed by atoms with E-state index >= 15 is 0 Å². The lowest BCUT2D eigenvalue weighted by atomic mass is 10.1. The minimum atomic E-state index is -3.73. The first kappa shape index (κ1) is 16.7. The first-order valence-corrected chi connectivity index (χ1v) is 9.17. The van der Waals surface area contributed by atoms with Crippen molar-refractivity contribution in [1.82, 2.24) is 0 Å². The van der Waals surface area contributed by atoms with Crippen LogP contribution in [0.1, 0.15) is 16.7 Å². The monoisotopic (exact) mass is 345 g/mol. The molecule has 0 aromatic heterocycles. The zero-order chi connectivity index (χ0) is 17.7. The van der Waals surface area contributed by atoms with Gasteiger partial charge in [0.25, 0.3) is 0 Å².